The Bertz CT molecular complexity index is 1060. The number of nitrogens with one attached hydrogen (secondary N) is 1. The van der Waals surface area contributed by atoms with Crippen LogP contribution in [0.5, 0.6) is 0 Å². The van der Waals surface area contributed by atoms with Crippen molar-refractivity contribution in [3.05, 3.63) is 40.1 Å². The molecule has 1 aromatic carbocycles. The lowest BCUT2D eigenvalue weighted by Crippen LogP contribution is -2.46. The minimum absolute atomic E-state index is 0.0221. The average molecular weight is 518 g/mol. The topological polar surface area (TPSA) is 141 Å². The van der Waals surface area contributed by atoms with Crippen molar-refractivity contribution < 1.29 is 17.7 Å². The number of unbranched alkanes of at least 4 members (excludes halogenated alkanes) is 3. The van der Waals surface area contributed by atoms with Crippen LogP contribution in [0.15, 0.2) is 29.2 Å². The first-order valence-corrected chi connectivity index (χ1v) is 13.0. The molecule has 1 heterocycles. The van der Waals surface area contributed by atoms with Crippen molar-refractivity contribution in [2.24, 2.45) is 0 Å². The van der Waals surface area contributed by atoms with E-state index >= 15 is 0 Å². The van der Waals surface area contributed by atoms with Crippen LogP contribution in [0.25, 0.3) is 0 Å². The molecule has 0 unspecified atom stereocenters. The van der Waals surface area contributed by atoms with Gasteiger partial charge in [0.2, 0.25) is 0 Å². The van der Waals surface area contributed by atoms with Gasteiger partial charge in [0.1, 0.15) is 0 Å². The quantitative estimate of drug-likeness (QED) is 0.290. The van der Waals surface area contributed by atoms with Crippen LogP contribution in [0.4, 0.5) is 11.6 Å². The lowest BCUT2D eigenvalue weighted by atomic mass is 10.2. The molecule has 1 aromatic heterocycles. The van der Waals surface area contributed by atoms with Crippen molar-refractivity contribution in [3.8, 4) is 0 Å². The number of hydrogen-bond acceptors (Lipinski definition) is 7. The molecule has 0 spiro atoms. The van der Waals surface area contributed by atoms with Crippen LogP contribution in [0.2, 0.25) is 10.2 Å². The number of carbonyl (C=O) groups is 1. The molecule has 0 saturated carbocycles. The van der Waals surface area contributed by atoms with Gasteiger partial charge < -0.3 is 21.3 Å². The monoisotopic (exact) mass is 517 g/mol. The fourth-order valence-electron chi connectivity index (χ4n) is 3.22. The van der Waals surface area contributed by atoms with E-state index in [1.165, 1.54) is 0 Å². The Hall–Kier alpha value is -2.14. The number of nitrogens with two attached hydrogens (primary N) is 2. The van der Waals surface area contributed by atoms with E-state index in [0.29, 0.717) is 33.9 Å². The van der Waals surface area contributed by atoms with E-state index in [2.05, 4.69) is 29.4 Å². The summed E-state index contributed by atoms with van der Waals surface area (Å²) in [5.74, 6) is -0.420. The van der Waals surface area contributed by atoms with Gasteiger partial charge in [0.15, 0.2) is 32.3 Å². The molecular formula is C21H31Cl2N6O3S+. The number of benzene rings is 1. The van der Waals surface area contributed by atoms with Gasteiger partial charge in [0.25, 0.3) is 5.91 Å². The maximum absolute atomic E-state index is 12.4. The van der Waals surface area contributed by atoms with E-state index in [0.717, 1.165) is 25.8 Å². The summed E-state index contributed by atoms with van der Waals surface area (Å²) in [5.41, 5.74) is 11.2. The summed E-state index contributed by atoms with van der Waals surface area (Å²) in [7, 11) is 0.869. The lowest BCUT2D eigenvalue weighted by Gasteiger charge is -2.30. The van der Waals surface area contributed by atoms with Crippen LogP contribution >= 0.6 is 23.2 Å². The molecule has 2 aromatic rings. The first-order chi connectivity index (χ1) is 15.4. The third-order valence-electron chi connectivity index (χ3n) is 5.22. The van der Waals surface area contributed by atoms with Gasteiger partial charge in [-0.2, -0.15) is 0 Å². The molecule has 0 aliphatic heterocycles. The highest BCUT2D eigenvalue weighted by Crippen LogP contribution is 2.18. The van der Waals surface area contributed by atoms with Gasteiger partial charge in [-0.25, -0.2) is 18.4 Å². The second-order valence-electron chi connectivity index (χ2n) is 8.46. The third kappa shape index (κ3) is 8.62. The van der Waals surface area contributed by atoms with Gasteiger partial charge in [-0.1, -0.05) is 29.6 Å². The van der Waals surface area contributed by atoms with Crippen LogP contribution in [-0.2, 0) is 9.84 Å². The molecule has 2 rings (SSSR count). The second kappa shape index (κ2) is 11.8. The molecule has 0 saturated heterocycles. The number of nitrogens with zero attached hydrogens (tertiary/aromatic N) is 3. The third-order valence-corrected chi connectivity index (χ3v) is 7.57. The van der Waals surface area contributed by atoms with E-state index in [1.807, 2.05) is 0 Å². The summed E-state index contributed by atoms with van der Waals surface area (Å²) in [6, 6.07) is 6.26. The predicted molar refractivity (Wildman–Crippen MR) is 132 cm³/mol. The molecule has 1 amide bonds. The molecule has 5 N–H and O–H groups in total. The van der Waals surface area contributed by atoms with Crippen molar-refractivity contribution in [2.75, 3.05) is 50.9 Å². The number of halogens is 2. The van der Waals surface area contributed by atoms with Crippen molar-refractivity contribution in [1.29, 1.82) is 0 Å². The molecule has 182 valence electrons. The molecule has 0 fully saturated rings. The number of carbonyl (C=O) groups excluding carboxylic acids is 1. The normalized spacial score (nSPS) is 12.0. The van der Waals surface area contributed by atoms with Crippen molar-refractivity contribution >= 4 is 50.6 Å². The fourth-order valence-corrected chi connectivity index (χ4v) is 4.84. The molecular weight excluding hydrogens is 487 g/mol. The average Bonchev–Trinajstić information content (AvgIpc) is 2.73. The van der Waals surface area contributed by atoms with Crippen molar-refractivity contribution in [3.63, 3.8) is 0 Å². The summed E-state index contributed by atoms with van der Waals surface area (Å²) in [5, 5.41) is 3.23. The maximum Gasteiger partial charge on any atom is 0.273 e. The zero-order valence-corrected chi connectivity index (χ0v) is 21.2. The molecule has 0 radical (unpaired) electrons. The Kier molecular flexibility index (Phi) is 9.71. The summed E-state index contributed by atoms with van der Waals surface area (Å²) in [6.45, 7) is 2.02. The lowest BCUT2D eigenvalue weighted by molar-refractivity contribution is -0.889. The highest BCUT2D eigenvalue weighted by Gasteiger charge is 2.19. The Labute approximate surface area is 205 Å². The molecule has 0 aliphatic rings. The van der Waals surface area contributed by atoms with Gasteiger partial charge in [0, 0.05) is 5.02 Å². The van der Waals surface area contributed by atoms with E-state index in [-0.39, 0.29) is 28.2 Å². The molecule has 0 atom stereocenters. The smallest absolute Gasteiger partial charge is 0.273 e. The number of sulfone groups is 1. The molecule has 0 bridgehead atoms. The summed E-state index contributed by atoms with van der Waals surface area (Å²) < 4.78 is 25.4. The van der Waals surface area contributed by atoms with Crippen LogP contribution < -0.4 is 16.8 Å². The molecule has 12 heteroatoms. The fraction of sp³-hybridized carbons (Fsp3) is 0.476. The number of aromatic nitrogens is 2. The Morgan fingerprint density at radius 1 is 0.970 bits per heavy atom. The molecule has 0 aliphatic carbocycles. The van der Waals surface area contributed by atoms with Crippen molar-refractivity contribution in [2.45, 2.75) is 30.6 Å². The SMILES string of the molecule is C[N+](C)(CCCCCCS(=O)(=O)c1ccc(Cl)cc1)CCNC(=O)c1nc(Cl)c(N)nc1N. The summed E-state index contributed by atoms with van der Waals surface area (Å²) >= 11 is 11.6. The van der Waals surface area contributed by atoms with E-state index in [1.54, 1.807) is 24.3 Å². The largest absolute Gasteiger partial charge is 0.382 e. The number of hydrogen-bond donors (Lipinski definition) is 3. The minimum atomic E-state index is -3.28. The number of anilines is 2. The van der Waals surface area contributed by atoms with Gasteiger partial charge >= 0.3 is 0 Å². The van der Waals surface area contributed by atoms with Crippen LogP contribution in [0.1, 0.15) is 36.2 Å². The van der Waals surface area contributed by atoms with E-state index in [9.17, 15) is 13.2 Å². The van der Waals surface area contributed by atoms with Gasteiger partial charge in [0.05, 0.1) is 44.4 Å². The number of likely N-dealkylation sites (N-methyl/N-ethyl adjacent to an activating group) is 1. The minimum Gasteiger partial charge on any atom is -0.382 e. The summed E-state index contributed by atoms with van der Waals surface area (Å²) in [4.78, 5) is 20.3. The zero-order valence-electron chi connectivity index (χ0n) is 18.9. The van der Waals surface area contributed by atoms with Gasteiger partial charge in [-0.05, 0) is 43.5 Å². The standard InChI is InChI=1S/C21H30Cl2N6O3S/c1-29(2,13-11-26-21(30)17-19(24)28-20(25)18(23)27-17)12-5-3-4-6-14-33(31,32)16-9-7-15(22)8-10-16/h7-10H,3-6,11-14H2,1-2H3,(H4-,24,25,26,28,30)/p+1. The van der Waals surface area contributed by atoms with Crippen LogP contribution in [0, 0.1) is 0 Å². The molecule has 33 heavy (non-hydrogen) atoms. The predicted octanol–water partition coefficient (Wildman–Crippen LogP) is 2.79. The highest BCUT2D eigenvalue weighted by atomic mass is 35.5. The molecule has 9 nitrogen and oxygen atoms in total. The van der Waals surface area contributed by atoms with Crippen LogP contribution in [-0.4, -0.2) is 68.3 Å². The van der Waals surface area contributed by atoms with E-state index < -0.39 is 15.7 Å². The van der Waals surface area contributed by atoms with Crippen LogP contribution in [0.3, 0.4) is 0 Å². The Morgan fingerprint density at radius 2 is 1.61 bits per heavy atom. The van der Waals surface area contributed by atoms with Crippen molar-refractivity contribution in [1.82, 2.24) is 15.3 Å². The van der Waals surface area contributed by atoms with Gasteiger partial charge in [-0.15, -0.1) is 0 Å². The first kappa shape index (κ1) is 27.1. The Balaban J connectivity index is 1.67. The Morgan fingerprint density at radius 3 is 2.27 bits per heavy atom. The zero-order chi connectivity index (χ0) is 24.6. The summed E-state index contributed by atoms with van der Waals surface area (Å²) in [6.07, 6.45) is 3.33. The number of rotatable bonds is 12. The second-order valence-corrected chi connectivity index (χ2v) is 11.4. The van der Waals surface area contributed by atoms with Gasteiger partial charge in [-0.3, -0.25) is 4.79 Å². The van der Waals surface area contributed by atoms with E-state index in [4.69, 9.17) is 34.7 Å². The first-order valence-electron chi connectivity index (χ1n) is 10.6. The maximum atomic E-state index is 12.4. The number of quaternary nitrogens is 1. The number of nitrogen functional groups attached to an aromatic ring is 2. The highest BCUT2D eigenvalue weighted by molar-refractivity contribution is 7.91. The number of amides is 1.